The molecule has 0 aliphatic heterocycles. The molecular formula is C9H13NO2. The average molecular weight is 167 g/mol. The molecule has 0 aromatic heterocycles. The van der Waals surface area contributed by atoms with Gasteiger partial charge in [0.05, 0.1) is 12.7 Å². The molecule has 0 rings (SSSR count). The second-order valence-corrected chi connectivity index (χ2v) is 2.27. The summed E-state index contributed by atoms with van der Waals surface area (Å²) in [6.45, 7) is 4.05. The Balaban J connectivity index is 4.22. The first-order chi connectivity index (χ1) is 5.76. The van der Waals surface area contributed by atoms with Gasteiger partial charge in [0.2, 0.25) is 0 Å². The highest BCUT2D eigenvalue weighted by Gasteiger charge is 2.08. The number of carbonyl (C=O) groups is 1. The average Bonchev–Trinajstić information content (AvgIpc) is 2.04. The first-order valence-electron chi connectivity index (χ1n) is 4.02. The molecule has 0 aliphatic rings. The van der Waals surface area contributed by atoms with Gasteiger partial charge < -0.3 is 4.74 Å². The molecule has 0 aromatic rings. The fourth-order valence-corrected chi connectivity index (χ4v) is 0.804. The van der Waals surface area contributed by atoms with Crippen molar-refractivity contribution < 1.29 is 9.53 Å². The molecule has 3 heteroatoms. The van der Waals surface area contributed by atoms with E-state index in [9.17, 15) is 4.79 Å². The molecule has 0 spiro atoms. The second-order valence-electron chi connectivity index (χ2n) is 2.27. The Morgan fingerprint density at radius 1 is 1.58 bits per heavy atom. The van der Waals surface area contributed by atoms with E-state index >= 15 is 0 Å². The van der Waals surface area contributed by atoms with Crippen LogP contribution in [0.5, 0.6) is 0 Å². The third-order valence-electron chi connectivity index (χ3n) is 1.30. The summed E-state index contributed by atoms with van der Waals surface area (Å²) in [6, 6.07) is 1.83. The summed E-state index contributed by atoms with van der Waals surface area (Å²) >= 11 is 0. The lowest BCUT2D eigenvalue weighted by molar-refractivity contribution is -0.138. The molecule has 0 fully saturated rings. The van der Waals surface area contributed by atoms with Crippen molar-refractivity contribution in [3.8, 4) is 6.07 Å². The maximum Gasteiger partial charge on any atom is 0.334 e. The Hall–Kier alpha value is -1.30. The molecule has 0 saturated heterocycles. The number of esters is 1. The molecule has 3 nitrogen and oxygen atoms in total. The standard InChI is InChI=1S/C9H13NO2/c1-3-5-8(6-7-10)9(11)12-4-2/h6H,3-5H2,1-2H3. The van der Waals surface area contributed by atoms with Crippen molar-refractivity contribution in [3.63, 3.8) is 0 Å². The first-order valence-corrected chi connectivity index (χ1v) is 4.02. The van der Waals surface area contributed by atoms with Gasteiger partial charge in [-0.3, -0.25) is 0 Å². The number of carbonyl (C=O) groups excluding carboxylic acids is 1. The zero-order chi connectivity index (χ0) is 9.40. The molecule has 0 atom stereocenters. The van der Waals surface area contributed by atoms with E-state index in [0.717, 1.165) is 6.42 Å². The molecule has 0 amide bonds. The molecule has 0 saturated carbocycles. The van der Waals surface area contributed by atoms with Crippen molar-refractivity contribution >= 4 is 5.97 Å². The van der Waals surface area contributed by atoms with Crippen molar-refractivity contribution in [3.05, 3.63) is 11.6 Å². The van der Waals surface area contributed by atoms with Crippen molar-refractivity contribution in [2.75, 3.05) is 6.61 Å². The molecule has 12 heavy (non-hydrogen) atoms. The minimum atomic E-state index is -0.374. The fourth-order valence-electron chi connectivity index (χ4n) is 0.804. The quantitative estimate of drug-likeness (QED) is 0.364. The van der Waals surface area contributed by atoms with Gasteiger partial charge >= 0.3 is 5.97 Å². The normalized spacial score (nSPS) is 10.6. The molecule has 0 aliphatic carbocycles. The van der Waals surface area contributed by atoms with Gasteiger partial charge in [-0.05, 0) is 13.3 Å². The van der Waals surface area contributed by atoms with E-state index in [0.29, 0.717) is 18.6 Å². The lowest BCUT2D eigenvalue weighted by atomic mass is 10.1. The van der Waals surface area contributed by atoms with E-state index < -0.39 is 0 Å². The van der Waals surface area contributed by atoms with Crippen LogP contribution in [0.2, 0.25) is 0 Å². The van der Waals surface area contributed by atoms with Gasteiger partial charge in [0.1, 0.15) is 0 Å². The van der Waals surface area contributed by atoms with E-state index in [1.807, 2.05) is 13.0 Å². The van der Waals surface area contributed by atoms with Crippen LogP contribution in [-0.2, 0) is 9.53 Å². The molecule has 0 bridgehead atoms. The van der Waals surface area contributed by atoms with Crippen LogP contribution in [0.25, 0.3) is 0 Å². The number of allylic oxidation sites excluding steroid dienone is 1. The number of nitriles is 1. The minimum Gasteiger partial charge on any atom is -0.463 e. The number of hydrogen-bond donors (Lipinski definition) is 0. The summed E-state index contributed by atoms with van der Waals surface area (Å²) in [7, 11) is 0. The first kappa shape index (κ1) is 10.7. The molecule has 0 unspecified atom stereocenters. The van der Waals surface area contributed by atoms with Gasteiger partial charge in [0.25, 0.3) is 0 Å². The van der Waals surface area contributed by atoms with Gasteiger partial charge in [0.15, 0.2) is 0 Å². The summed E-state index contributed by atoms with van der Waals surface area (Å²) in [5.74, 6) is -0.374. The highest BCUT2D eigenvalue weighted by Crippen LogP contribution is 2.06. The van der Waals surface area contributed by atoms with E-state index in [-0.39, 0.29) is 5.97 Å². The Kier molecular flexibility index (Phi) is 5.72. The molecule has 0 heterocycles. The van der Waals surface area contributed by atoms with Crippen molar-refractivity contribution in [2.45, 2.75) is 26.7 Å². The summed E-state index contributed by atoms with van der Waals surface area (Å²) in [5.41, 5.74) is 0.460. The van der Waals surface area contributed by atoms with Crippen LogP contribution < -0.4 is 0 Å². The van der Waals surface area contributed by atoms with Crippen LogP contribution in [0, 0.1) is 11.3 Å². The van der Waals surface area contributed by atoms with Crippen molar-refractivity contribution in [1.29, 1.82) is 5.26 Å². The van der Waals surface area contributed by atoms with Crippen LogP contribution in [0.4, 0.5) is 0 Å². The van der Waals surface area contributed by atoms with E-state index in [4.69, 9.17) is 10.00 Å². The smallest absolute Gasteiger partial charge is 0.334 e. The number of hydrogen-bond acceptors (Lipinski definition) is 3. The van der Waals surface area contributed by atoms with Crippen LogP contribution in [0.3, 0.4) is 0 Å². The second kappa shape index (κ2) is 6.41. The van der Waals surface area contributed by atoms with E-state index in [1.165, 1.54) is 6.08 Å². The highest BCUT2D eigenvalue weighted by atomic mass is 16.5. The zero-order valence-corrected chi connectivity index (χ0v) is 7.46. The van der Waals surface area contributed by atoms with Gasteiger partial charge in [0, 0.05) is 11.6 Å². The van der Waals surface area contributed by atoms with Crippen LogP contribution >= 0.6 is 0 Å². The van der Waals surface area contributed by atoms with Gasteiger partial charge in [-0.25, -0.2) is 4.79 Å². The Morgan fingerprint density at radius 3 is 2.67 bits per heavy atom. The number of rotatable bonds is 4. The summed E-state index contributed by atoms with van der Waals surface area (Å²) in [4.78, 5) is 11.1. The Labute approximate surface area is 72.6 Å². The maximum atomic E-state index is 11.1. The Bertz CT molecular complexity index is 213. The molecule has 0 N–H and O–H groups in total. The van der Waals surface area contributed by atoms with Crippen LogP contribution in [-0.4, -0.2) is 12.6 Å². The fraction of sp³-hybridized carbons (Fsp3) is 0.556. The third kappa shape index (κ3) is 3.77. The maximum absolute atomic E-state index is 11.1. The van der Waals surface area contributed by atoms with Crippen molar-refractivity contribution in [2.24, 2.45) is 0 Å². The molecule has 66 valence electrons. The molecule has 0 aromatic carbocycles. The lowest BCUT2D eigenvalue weighted by Crippen LogP contribution is -2.07. The van der Waals surface area contributed by atoms with E-state index in [2.05, 4.69) is 0 Å². The highest BCUT2D eigenvalue weighted by molar-refractivity contribution is 5.88. The minimum absolute atomic E-state index is 0.352. The van der Waals surface area contributed by atoms with Crippen LogP contribution in [0.1, 0.15) is 26.7 Å². The summed E-state index contributed by atoms with van der Waals surface area (Å²) < 4.78 is 4.75. The largest absolute Gasteiger partial charge is 0.463 e. The zero-order valence-electron chi connectivity index (χ0n) is 7.46. The van der Waals surface area contributed by atoms with Crippen LogP contribution in [0.15, 0.2) is 11.6 Å². The number of ether oxygens (including phenoxy) is 1. The number of nitrogens with zero attached hydrogens (tertiary/aromatic N) is 1. The molecule has 0 radical (unpaired) electrons. The predicted octanol–water partition coefficient (Wildman–Crippen LogP) is 1.80. The van der Waals surface area contributed by atoms with Gasteiger partial charge in [-0.2, -0.15) is 5.26 Å². The predicted molar refractivity (Wildman–Crippen MR) is 45.2 cm³/mol. The van der Waals surface area contributed by atoms with Crippen molar-refractivity contribution in [1.82, 2.24) is 0 Å². The van der Waals surface area contributed by atoms with Gasteiger partial charge in [-0.1, -0.05) is 13.3 Å². The van der Waals surface area contributed by atoms with Gasteiger partial charge in [-0.15, -0.1) is 0 Å². The molecular weight excluding hydrogens is 154 g/mol. The lowest BCUT2D eigenvalue weighted by Gasteiger charge is -2.02. The topological polar surface area (TPSA) is 50.1 Å². The monoisotopic (exact) mass is 167 g/mol. The third-order valence-corrected chi connectivity index (χ3v) is 1.30. The summed E-state index contributed by atoms with van der Waals surface area (Å²) in [5, 5.41) is 8.35. The SMILES string of the molecule is CCCC(=CC#N)C(=O)OCC. The summed E-state index contributed by atoms with van der Waals surface area (Å²) in [6.07, 6.45) is 2.69. The Morgan fingerprint density at radius 2 is 2.25 bits per heavy atom. The van der Waals surface area contributed by atoms with E-state index in [1.54, 1.807) is 6.92 Å².